The van der Waals surface area contributed by atoms with Crippen molar-refractivity contribution in [2.24, 2.45) is 5.41 Å². The summed E-state index contributed by atoms with van der Waals surface area (Å²) < 4.78 is 14.5. The van der Waals surface area contributed by atoms with Gasteiger partial charge in [0.2, 0.25) is 0 Å². The fraction of sp³-hybridized carbons (Fsp3) is 0.647. The van der Waals surface area contributed by atoms with E-state index in [-0.39, 0.29) is 19.4 Å². The first-order valence-corrected chi connectivity index (χ1v) is 7.26. The van der Waals surface area contributed by atoms with Crippen molar-refractivity contribution in [3.05, 3.63) is 12.2 Å². The molecule has 124 valence electrons. The summed E-state index contributed by atoms with van der Waals surface area (Å²) in [5.41, 5.74) is -0.652. The largest absolute Gasteiger partial charge is 0.468 e. The van der Waals surface area contributed by atoms with Crippen LogP contribution in [-0.4, -0.2) is 39.9 Å². The second-order valence-corrected chi connectivity index (χ2v) is 5.06. The molecule has 0 aliphatic heterocycles. The summed E-state index contributed by atoms with van der Waals surface area (Å²) in [4.78, 5) is 24.5. The Morgan fingerprint density at radius 2 is 1.68 bits per heavy atom. The molecule has 0 aromatic rings. The Morgan fingerprint density at radius 1 is 1.09 bits per heavy atom. The van der Waals surface area contributed by atoms with E-state index < -0.39 is 17.4 Å². The quantitative estimate of drug-likeness (QED) is 0.283. The summed E-state index contributed by atoms with van der Waals surface area (Å²) in [5, 5.41) is 0. The Bertz CT molecular complexity index is 426. The zero-order valence-corrected chi connectivity index (χ0v) is 14.0. The number of carbonyl (C=O) groups is 2. The van der Waals surface area contributed by atoms with Crippen molar-refractivity contribution in [1.29, 1.82) is 0 Å². The molecule has 0 atom stereocenters. The third-order valence-electron chi connectivity index (χ3n) is 3.32. The molecule has 0 N–H and O–H groups in total. The maximum Gasteiger partial charge on any atom is 0.324 e. The lowest BCUT2D eigenvalue weighted by Crippen LogP contribution is -2.41. The van der Waals surface area contributed by atoms with E-state index in [0.29, 0.717) is 0 Å². The molecule has 5 nitrogen and oxygen atoms in total. The zero-order chi connectivity index (χ0) is 17.0. The van der Waals surface area contributed by atoms with Crippen molar-refractivity contribution in [2.75, 3.05) is 27.9 Å². The number of hydrogen-bond donors (Lipinski definition) is 0. The molecule has 0 aliphatic rings. The first-order valence-electron chi connectivity index (χ1n) is 7.26. The van der Waals surface area contributed by atoms with E-state index in [2.05, 4.69) is 25.3 Å². The highest BCUT2D eigenvalue weighted by atomic mass is 16.5. The first kappa shape index (κ1) is 20.2. The van der Waals surface area contributed by atoms with Crippen LogP contribution in [0.25, 0.3) is 0 Å². The molecule has 0 saturated heterocycles. The van der Waals surface area contributed by atoms with Gasteiger partial charge in [0.15, 0.2) is 5.41 Å². The van der Waals surface area contributed by atoms with Gasteiger partial charge in [0.1, 0.15) is 6.61 Å². The SMILES string of the molecule is C=C(CCCC)CC(CC#CCOC)(C(=O)OC)C(=O)OC. The summed E-state index contributed by atoms with van der Waals surface area (Å²) in [5.74, 6) is 4.25. The Morgan fingerprint density at radius 3 is 2.14 bits per heavy atom. The second-order valence-electron chi connectivity index (χ2n) is 5.06. The van der Waals surface area contributed by atoms with E-state index in [1.54, 1.807) is 0 Å². The molecule has 0 unspecified atom stereocenters. The summed E-state index contributed by atoms with van der Waals surface area (Å²) in [7, 11) is 4.02. The number of methoxy groups -OCH3 is 3. The summed E-state index contributed by atoms with van der Waals surface area (Å²) in [6.07, 6.45) is 2.90. The lowest BCUT2D eigenvalue weighted by molar-refractivity contribution is -0.168. The predicted octanol–water partition coefficient (Wildman–Crippen LogP) is 2.50. The number of unbranched alkanes of at least 4 members (excludes halogenated alkanes) is 1. The fourth-order valence-corrected chi connectivity index (χ4v) is 2.10. The van der Waals surface area contributed by atoms with Gasteiger partial charge in [-0.15, -0.1) is 0 Å². The lowest BCUT2D eigenvalue weighted by Gasteiger charge is -2.27. The molecule has 0 spiro atoms. The zero-order valence-electron chi connectivity index (χ0n) is 14.0. The van der Waals surface area contributed by atoms with Crippen LogP contribution >= 0.6 is 0 Å². The van der Waals surface area contributed by atoms with E-state index in [1.165, 1.54) is 21.3 Å². The summed E-state index contributed by atoms with van der Waals surface area (Å²) in [6, 6.07) is 0. The summed E-state index contributed by atoms with van der Waals surface area (Å²) >= 11 is 0. The number of hydrogen-bond acceptors (Lipinski definition) is 5. The van der Waals surface area contributed by atoms with Crippen molar-refractivity contribution in [3.8, 4) is 11.8 Å². The molecule has 22 heavy (non-hydrogen) atoms. The van der Waals surface area contributed by atoms with Gasteiger partial charge in [0.05, 0.1) is 14.2 Å². The molecule has 0 radical (unpaired) electrons. The second kappa shape index (κ2) is 10.9. The number of allylic oxidation sites excluding steroid dienone is 1. The lowest BCUT2D eigenvalue weighted by atomic mass is 9.78. The van der Waals surface area contributed by atoms with Crippen LogP contribution in [0.2, 0.25) is 0 Å². The van der Waals surface area contributed by atoms with Crippen LogP contribution < -0.4 is 0 Å². The van der Waals surface area contributed by atoms with Crippen LogP contribution in [0.1, 0.15) is 39.0 Å². The maximum absolute atomic E-state index is 12.2. The number of rotatable bonds is 9. The highest BCUT2D eigenvalue weighted by Crippen LogP contribution is 2.34. The van der Waals surface area contributed by atoms with Crippen LogP contribution in [0.4, 0.5) is 0 Å². The van der Waals surface area contributed by atoms with E-state index in [0.717, 1.165) is 24.8 Å². The van der Waals surface area contributed by atoms with Crippen molar-refractivity contribution in [2.45, 2.75) is 39.0 Å². The van der Waals surface area contributed by atoms with E-state index >= 15 is 0 Å². The van der Waals surface area contributed by atoms with Gasteiger partial charge < -0.3 is 14.2 Å². The minimum Gasteiger partial charge on any atom is -0.468 e. The Kier molecular flexibility index (Phi) is 9.97. The highest BCUT2D eigenvalue weighted by Gasteiger charge is 2.48. The van der Waals surface area contributed by atoms with Crippen molar-refractivity contribution in [3.63, 3.8) is 0 Å². The first-order chi connectivity index (χ1) is 10.5. The number of carbonyl (C=O) groups excluding carboxylic acids is 2. The van der Waals surface area contributed by atoms with Crippen LogP contribution in [0.5, 0.6) is 0 Å². The van der Waals surface area contributed by atoms with Crippen molar-refractivity contribution in [1.82, 2.24) is 0 Å². The van der Waals surface area contributed by atoms with Gasteiger partial charge in [-0.2, -0.15) is 0 Å². The molecule has 0 aromatic carbocycles. The van der Waals surface area contributed by atoms with Gasteiger partial charge in [-0.25, -0.2) is 0 Å². The van der Waals surface area contributed by atoms with Crippen LogP contribution in [0.3, 0.4) is 0 Å². The minimum absolute atomic E-state index is 0.0147. The molecule has 0 amide bonds. The minimum atomic E-state index is -1.46. The topological polar surface area (TPSA) is 61.8 Å². The van der Waals surface area contributed by atoms with Crippen LogP contribution in [-0.2, 0) is 23.8 Å². The van der Waals surface area contributed by atoms with E-state index in [4.69, 9.17) is 14.2 Å². The molecule has 0 bridgehead atoms. The Balaban J connectivity index is 5.38. The van der Waals surface area contributed by atoms with Crippen molar-refractivity contribution < 1.29 is 23.8 Å². The average molecular weight is 310 g/mol. The van der Waals surface area contributed by atoms with Gasteiger partial charge in [0, 0.05) is 13.5 Å². The molecule has 5 heteroatoms. The summed E-state index contributed by atoms with van der Waals surface area (Å²) in [6.45, 7) is 6.26. The molecular formula is C17H26O5. The van der Waals surface area contributed by atoms with E-state index in [1.807, 2.05) is 0 Å². The molecule has 0 aromatic heterocycles. The highest BCUT2D eigenvalue weighted by molar-refractivity contribution is 6.00. The third-order valence-corrected chi connectivity index (χ3v) is 3.32. The number of ether oxygens (including phenoxy) is 3. The molecule has 0 rings (SSSR count). The molecule has 0 fully saturated rings. The third kappa shape index (κ3) is 5.90. The molecular weight excluding hydrogens is 284 g/mol. The fourth-order valence-electron chi connectivity index (χ4n) is 2.10. The van der Waals surface area contributed by atoms with Gasteiger partial charge in [0.25, 0.3) is 0 Å². The van der Waals surface area contributed by atoms with Gasteiger partial charge in [-0.1, -0.05) is 37.3 Å². The maximum atomic E-state index is 12.2. The normalized spacial score (nSPS) is 10.4. The monoisotopic (exact) mass is 310 g/mol. The van der Waals surface area contributed by atoms with Gasteiger partial charge >= 0.3 is 11.9 Å². The Labute approximate surface area is 133 Å². The molecule has 0 aliphatic carbocycles. The Hall–Kier alpha value is -1.80. The molecule has 0 heterocycles. The van der Waals surface area contributed by atoms with Gasteiger partial charge in [-0.3, -0.25) is 9.59 Å². The predicted molar refractivity (Wildman–Crippen MR) is 84.0 cm³/mol. The standard InChI is InChI=1S/C17H26O5/c1-6-7-10-14(2)13-17(15(18)21-4,16(19)22-5)11-8-9-12-20-3/h2,6-7,10-13H2,1,3-5H3. The van der Waals surface area contributed by atoms with Crippen LogP contribution in [0, 0.1) is 17.3 Å². The smallest absolute Gasteiger partial charge is 0.324 e. The average Bonchev–Trinajstić information content (AvgIpc) is 2.54. The number of esters is 2. The molecule has 0 saturated carbocycles. The van der Waals surface area contributed by atoms with Crippen molar-refractivity contribution >= 4 is 11.9 Å². The van der Waals surface area contributed by atoms with Crippen LogP contribution in [0.15, 0.2) is 12.2 Å². The van der Waals surface area contributed by atoms with Gasteiger partial charge in [-0.05, 0) is 19.3 Å². The van der Waals surface area contributed by atoms with E-state index in [9.17, 15) is 9.59 Å².